The second-order valence-corrected chi connectivity index (χ2v) is 11.4. The van der Waals surface area contributed by atoms with Crippen molar-refractivity contribution in [2.45, 2.75) is 19.1 Å². The third-order valence-electron chi connectivity index (χ3n) is 7.38. The zero-order valence-electron chi connectivity index (χ0n) is 26.1. The maximum absolute atomic E-state index is 13.6. The van der Waals surface area contributed by atoms with Gasteiger partial charge in [0.15, 0.2) is 0 Å². The monoisotopic (exact) mass is 659 g/mol. The molecule has 1 aliphatic rings. The number of hydrogen-bond acceptors (Lipinski definition) is 9. The number of likely N-dealkylation sites (N-methyl/N-ethyl adjacent to an activating group) is 1. The van der Waals surface area contributed by atoms with Crippen molar-refractivity contribution in [3.63, 3.8) is 0 Å². The second kappa shape index (κ2) is 16.2. The summed E-state index contributed by atoms with van der Waals surface area (Å²) in [6.07, 6.45) is 5.27. The van der Waals surface area contributed by atoms with Crippen LogP contribution in [-0.2, 0) is 20.9 Å². The predicted octanol–water partition coefficient (Wildman–Crippen LogP) is 6.46. The smallest absolute Gasteiger partial charge is 0.248 e. The van der Waals surface area contributed by atoms with Crippen LogP contribution < -0.4 is 20.1 Å². The maximum atomic E-state index is 13.6. The van der Waals surface area contributed by atoms with Gasteiger partial charge in [-0.3, -0.25) is 9.78 Å². The molecule has 1 saturated heterocycles. The molecule has 0 bridgehead atoms. The van der Waals surface area contributed by atoms with Crippen LogP contribution in [0.25, 0.3) is 10.9 Å². The van der Waals surface area contributed by atoms with Crippen molar-refractivity contribution < 1.29 is 28.1 Å². The van der Waals surface area contributed by atoms with Gasteiger partial charge in [-0.2, -0.15) is 5.26 Å². The van der Waals surface area contributed by atoms with Gasteiger partial charge in [0, 0.05) is 56.0 Å². The van der Waals surface area contributed by atoms with E-state index in [0.717, 1.165) is 13.0 Å². The summed E-state index contributed by atoms with van der Waals surface area (Å²) in [5, 5.41) is 17.1. The molecule has 12 heteroatoms. The Kier molecular flexibility index (Phi) is 11.6. The fraction of sp³-hybridized carbons (Fsp3) is 0.286. The number of aromatic nitrogens is 1. The highest BCUT2D eigenvalue weighted by Gasteiger charge is 2.21. The minimum absolute atomic E-state index is 0.142. The van der Waals surface area contributed by atoms with Crippen LogP contribution >= 0.6 is 11.6 Å². The fourth-order valence-corrected chi connectivity index (χ4v) is 5.14. The Morgan fingerprint density at radius 3 is 2.85 bits per heavy atom. The van der Waals surface area contributed by atoms with Crippen LogP contribution in [0.3, 0.4) is 0 Å². The number of rotatable bonds is 14. The summed E-state index contributed by atoms with van der Waals surface area (Å²) in [4.78, 5) is 19.5. The maximum Gasteiger partial charge on any atom is 0.248 e. The van der Waals surface area contributed by atoms with Gasteiger partial charge in [0.25, 0.3) is 0 Å². The Labute approximate surface area is 277 Å². The van der Waals surface area contributed by atoms with Crippen molar-refractivity contribution in [3.8, 4) is 17.6 Å². The fourth-order valence-electron chi connectivity index (χ4n) is 4.90. The number of ether oxygens (including phenoxy) is 4. The van der Waals surface area contributed by atoms with Crippen LogP contribution in [-0.4, -0.2) is 69.0 Å². The molecule has 0 saturated carbocycles. The van der Waals surface area contributed by atoms with E-state index in [1.807, 2.05) is 11.9 Å². The normalized spacial score (nSPS) is 14.4. The van der Waals surface area contributed by atoms with Gasteiger partial charge in [-0.15, -0.1) is 0 Å². The molecular formula is C35H35ClFN5O5. The van der Waals surface area contributed by atoms with E-state index in [4.69, 9.17) is 30.5 Å². The molecule has 3 aromatic carbocycles. The van der Waals surface area contributed by atoms with Crippen molar-refractivity contribution in [2.75, 3.05) is 57.7 Å². The van der Waals surface area contributed by atoms with E-state index < -0.39 is 0 Å². The zero-order chi connectivity index (χ0) is 33.2. The van der Waals surface area contributed by atoms with Crippen molar-refractivity contribution in [1.82, 2.24) is 9.88 Å². The number of fused-ring (bicyclic) bond motifs is 1. The van der Waals surface area contributed by atoms with Crippen LogP contribution in [0.2, 0.25) is 5.02 Å². The predicted molar refractivity (Wildman–Crippen MR) is 179 cm³/mol. The largest absolute Gasteiger partial charge is 0.487 e. The summed E-state index contributed by atoms with van der Waals surface area (Å²) < 4.78 is 36.2. The lowest BCUT2D eigenvalue weighted by molar-refractivity contribution is -0.111. The number of amides is 1. The van der Waals surface area contributed by atoms with Gasteiger partial charge in [-0.1, -0.05) is 29.8 Å². The molecule has 1 fully saturated rings. The van der Waals surface area contributed by atoms with E-state index in [2.05, 4.69) is 21.7 Å². The lowest BCUT2D eigenvalue weighted by Crippen LogP contribution is -2.23. The van der Waals surface area contributed by atoms with Crippen LogP contribution in [0.5, 0.6) is 11.5 Å². The Morgan fingerprint density at radius 1 is 1.23 bits per heavy atom. The summed E-state index contributed by atoms with van der Waals surface area (Å²) in [7, 11) is 3.59. The van der Waals surface area contributed by atoms with E-state index in [1.54, 1.807) is 55.7 Å². The molecule has 1 aliphatic heterocycles. The highest BCUT2D eigenvalue weighted by atomic mass is 35.5. The van der Waals surface area contributed by atoms with E-state index >= 15 is 0 Å². The standard InChI is InChI=1S/C35H35ClFN5O5/c1-42(12-14-44-2)11-4-7-34(43)41-31-17-28-30(18-33(31)47-27-10-13-45-22-27)39-20-24(19-38)35(28)40-26-8-9-32(29(36)16-26)46-21-23-5-3-6-25(37)15-23/h3-9,15-18,20,27H,10-14,21-22H2,1-2H3,(H,39,40)(H,41,43). The summed E-state index contributed by atoms with van der Waals surface area (Å²) in [6, 6.07) is 16.9. The highest BCUT2D eigenvalue weighted by molar-refractivity contribution is 6.32. The molecule has 4 aromatic rings. The van der Waals surface area contributed by atoms with Gasteiger partial charge in [-0.05, 0) is 49.0 Å². The SMILES string of the molecule is COCCN(C)CC=CC(=O)Nc1cc2c(Nc3ccc(OCc4cccc(F)c4)c(Cl)c3)c(C#N)cnc2cc1OC1CCOC1. The lowest BCUT2D eigenvalue weighted by atomic mass is 10.1. The average molecular weight is 660 g/mol. The Hall–Kier alpha value is -4.73. The van der Waals surface area contributed by atoms with E-state index in [0.29, 0.717) is 76.4 Å². The number of benzene rings is 3. The topological polar surface area (TPSA) is 118 Å². The van der Waals surface area contributed by atoms with Gasteiger partial charge < -0.3 is 34.5 Å². The minimum Gasteiger partial charge on any atom is -0.487 e. The number of hydrogen-bond donors (Lipinski definition) is 2. The average Bonchev–Trinajstić information content (AvgIpc) is 3.57. The molecule has 10 nitrogen and oxygen atoms in total. The van der Waals surface area contributed by atoms with Crippen molar-refractivity contribution in [3.05, 3.63) is 94.9 Å². The first-order valence-corrected chi connectivity index (χ1v) is 15.4. The van der Waals surface area contributed by atoms with Crippen molar-refractivity contribution >= 4 is 45.5 Å². The molecule has 1 atom stereocenters. The first-order chi connectivity index (χ1) is 22.8. The third kappa shape index (κ3) is 9.18. The number of methoxy groups -OCH3 is 1. The molecule has 0 spiro atoms. The molecule has 5 rings (SSSR count). The van der Waals surface area contributed by atoms with Crippen LogP contribution in [0, 0.1) is 17.1 Å². The molecule has 47 heavy (non-hydrogen) atoms. The molecule has 1 aromatic heterocycles. The van der Waals surface area contributed by atoms with Crippen molar-refractivity contribution in [1.29, 1.82) is 5.26 Å². The number of nitrogens with zero attached hydrogens (tertiary/aromatic N) is 3. The quantitative estimate of drug-likeness (QED) is 0.147. The van der Waals surface area contributed by atoms with Gasteiger partial charge in [0.05, 0.1) is 47.3 Å². The first-order valence-electron chi connectivity index (χ1n) is 15.0. The first kappa shape index (κ1) is 33.6. The number of nitriles is 1. The van der Waals surface area contributed by atoms with E-state index in [-0.39, 0.29) is 30.0 Å². The van der Waals surface area contributed by atoms with E-state index in [9.17, 15) is 14.4 Å². The number of nitrogens with one attached hydrogen (secondary N) is 2. The van der Waals surface area contributed by atoms with Crippen molar-refractivity contribution in [2.24, 2.45) is 0 Å². The Morgan fingerprint density at radius 2 is 2.11 bits per heavy atom. The summed E-state index contributed by atoms with van der Waals surface area (Å²) in [6.45, 7) is 3.06. The zero-order valence-corrected chi connectivity index (χ0v) is 26.9. The number of pyridine rings is 1. The molecule has 1 amide bonds. The van der Waals surface area contributed by atoms with Crippen LogP contribution in [0.4, 0.5) is 21.5 Å². The molecule has 0 aliphatic carbocycles. The lowest BCUT2D eigenvalue weighted by Gasteiger charge is -2.19. The third-order valence-corrected chi connectivity index (χ3v) is 7.67. The number of carbonyl (C=O) groups excluding carboxylic acids is 1. The highest BCUT2D eigenvalue weighted by Crippen LogP contribution is 2.38. The molecule has 2 N–H and O–H groups in total. The molecule has 2 heterocycles. The number of anilines is 3. The minimum atomic E-state index is -0.346. The number of halogens is 2. The Balaban J connectivity index is 1.41. The van der Waals surface area contributed by atoms with Gasteiger partial charge in [0.1, 0.15) is 36.1 Å². The summed E-state index contributed by atoms with van der Waals surface area (Å²) in [5.41, 5.74) is 2.99. The van der Waals surface area contributed by atoms with Gasteiger partial charge in [-0.25, -0.2) is 4.39 Å². The van der Waals surface area contributed by atoms with Crippen LogP contribution in [0.1, 0.15) is 17.5 Å². The van der Waals surface area contributed by atoms with Crippen LogP contribution in [0.15, 0.2) is 72.9 Å². The molecular weight excluding hydrogens is 625 g/mol. The van der Waals surface area contributed by atoms with Gasteiger partial charge in [0.2, 0.25) is 5.91 Å². The van der Waals surface area contributed by atoms with Gasteiger partial charge >= 0.3 is 0 Å². The van der Waals surface area contributed by atoms with E-state index in [1.165, 1.54) is 24.4 Å². The molecule has 244 valence electrons. The molecule has 1 unspecified atom stereocenters. The summed E-state index contributed by atoms with van der Waals surface area (Å²) in [5.74, 6) is 0.179. The second-order valence-electron chi connectivity index (χ2n) is 11.0. The number of carbonyl (C=O) groups is 1. The summed E-state index contributed by atoms with van der Waals surface area (Å²) >= 11 is 6.55. The molecule has 0 radical (unpaired) electrons. The Bertz CT molecular complexity index is 1790.